The topological polar surface area (TPSA) is 37.8 Å². The van der Waals surface area contributed by atoms with Crippen molar-refractivity contribution in [3.63, 3.8) is 0 Å². The van der Waals surface area contributed by atoms with Crippen molar-refractivity contribution >= 4 is 5.82 Å². The lowest BCUT2D eigenvalue weighted by molar-refractivity contribution is 0.663. The summed E-state index contributed by atoms with van der Waals surface area (Å²) in [7, 11) is 0. The monoisotopic (exact) mass is 189 g/mol. The maximum Gasteiger partial charge on any atom is 0.133 e. The summed E-state index contributed by atoms with van der Waals surface area (Å²) in [6, 6.07) is 0. The van der Waals surface area contributed by atoms with Gasteiger partial charge in [0.1, 0.15) is 12.1 Å². The van der Waals surface area contributed by atoms with Crippen molar-refractivity contribution in [3.05, 3.63) is 30.2 Å². The molecule has 0 aliphatic heterocycles. The first-order valence-corrected chi connectivity index (χ1v) is 5.09. The minimum absolute atomic E-state index is 0.767. The van der Waals surface area contributed by atoms with Crippen LogP contribution in [-0.4, -0.2) is 16.5 Å². The second kappa shape index (κ2) is 4.22. The van der Waals surface area contributed by atoms with Crippen molar-refractivity contribution in [2.75, 3.05) is 11.9 Å². The highest BCUT2D eigenvalue weighted by Crippen LogP contribution is 2.23. The number of rotatable bonds is 3. The minimum atomic E-state index is 0.767. The molecule has 3 nitrogen and oxygen atoms in total. The van der Waals surface area contributed by atoms with Crippen molar-refractivity contribution in [2.45, 2.75) is 25.7 Å². The van der Waals surface area contributed by atoms with Crippen LogP contribution in [0.1, 0.15) is 24.1 Å². The zero-order valence-corrected chi connectivity index (χ0v) is 8.29. The Morgan fingerprint density at radius 1 is 1.36 bits per heavy atom. The molecule has 1 aliphatic rings. The third-order valence-electron chi connectivity index (χ3n) is 2.54. The molecule has 0 bridgehead atoms. The van der Waals surface area contributed by atoms with E-state index in [1.54, 1.807) is 6.33 Å². The van der Waals surface area contributed by atoms with Crippen LogP contribution in [0.25, 0.3) is 0 Å². The fourth-order valence-electron chi connectivity index (χ4n) is 1.84. The minimum Gasteiger partial charge on any atom is -0.366 e. The Morgan fingerprint density at radius 3 is 3.07 bits per heavy atom. The van der Waals surface area contributed by atoms with Gasteiger partial charge < -0.3 is 5.32 Å². The second-order valence-electron chi connectivity index (χ2n) is 3.52. The van der Waals surface area contributed by atoms with Gasteiger partial charge in [-0.1, -0.05) is 6.08 Å². The SMILES string of the molecule is C=CCNc1ncnc2c1CCCC2. The lowest BCUT2D eigenvalue weighted by Crippen LogP contribution is -2.11. The number of nitrogens with one attached hydrogen (secondary N) is 1. The van der Waals surface area contributed by atoms with Crippen LogP contribution >= 0.6 is 0 Å². The van der Waals surface area contributed by atoms with E-state index in [9.17, 15) is 0 Å². The molecule has 1 N–H and O–H groups in total. The predicted molar refractivity (Wildman–Crippen MR) is 57.4 cm³/mol. The summed E-state index contributed by atoms with van der Waals surface area (Å²) < 4.78 is 0. The van der Waals surface area contributed by atoms with Gasteiger partial charge in [-0.25, -0.2) is 9.97 Å². The van der Waals surface area contributed by atoms with Crippen molar-refractivity contribution in [1.29, 1.82) is 0 Å². The Balaban J connectivity index is 2.25. The number of hydrogen-bond donors (Lipinski definition) is 1. The van der Waals surface area contributed by atoms with Crippen LogP contribution < -0.4 is 5.32 Å². The van der Waals surface area contributed by atoms with Crippen LogP contribution in [0, 0.1) is 0 Å². The molecule has 3 heteroatoms. The summed E-state index contributed by atoms with van der Waals surface area (Å²) in [6.45, 7) is 4.45. The molecule has 0 unspecified atom stereocenters. The highest BCUT2D eigenvalue weighted by molar-refractivity contribution is 5.47. The zero-order valence-electron chi connectivity index (χ0n) is 8.29. The average molecular weight is 189 g/mol. The quantitative estimate of drug-likeness (QED) is 0.738. The molecule has 0 spiro atoms. The van der Waals surface area contributed by atoms with Gasteiger partial charge in [0, 0.05) is 17.8 Å². The first-order valence-electron chi connectivity index (χ1n) is 5.09. The van der Waals surface area contributed by atoms with Crippen LogP contribution in [0.5, 0.6) is 0 Å². The molecule has 1 aromatic rings. The van der Waals surface area contributed by atoms with Crippen LogP contribution in [0.15, 0.2) is 19.0 Å². The van der Waals surface area contributed by atoms with Crippen molar-refractivity contribution in [2.24, 2.45) is 0 Å². The number of aryl methyl sites for hydroxylation is 1. The Kier molecular flexibility index (Phi) is 2.77. The summed E-state index contributed by atoms with van der Waals surface area (Å²) in [5.74, 6) is 0.995. The summed E-state index contributed by atoms with van der Waals surface area (Å²) in [5.41, 5.74) is 2.53. The maximum atomic E-state index is 4.31. The Bertz CT molecular complexity index is 333. The molecule has 74 valence electrons. The van der Waals surface area contributed by atoms with Gasteiger partial charge in [0.25, 0.3) is 0 Å². The van der Waals surface area contributed by atoms with Gasteiger partial charge >= 0.3 is 0 Å². The molecular weight excluding hydrogens is 174 g/mol. The van der Waals surface area contributed by atoms with Crippen molar-refractivity contribution < 1.29 is 0 Å². The van der Waals surface area contributed by atoms with E-state index in [1.165, 1.54) is 24.1 Å². The number of anilines is 1. The Morgan fingerprint density at radius 2 is 2.21 bits per heavy atom. The smallest absolute Gasteiger partial charge is 0.133 e. The van der Waals surface area contributed by atoms with E-state index < -0.39 is 0 Å². The normalized spacial score (nSPS) is 14.6. The van der Waals surface area contributed by atoms with Gasteiger partial charge in [-0.05, 0) is 25.7 Å². The third kappa shape index (κ3) is 1.76. The third-order valence-corrected chi connectivity index (χ3v) is 2.54. The van der Waals surface area contributed by atoms with Crippen LogP contribution in [0.3, 0.4) is 0 Å². The summed E-state index contributed by atoms with van der Waals surface area (Å²) in [6.07, 6.45) is 8.21. The molecule has 0 aromatic carbocycles. The Hall–Kier alpha value is -1.38. The second-order valence-corrected chi connectivity index (χ2v) is 3.52. The molecule has 0 saturated carbocycles. The Labute approximate surface area is 84.3 Å². The summed E-state index contributed by atoms with van der Waals surface area (Å²) in [4.78, 5) is 8.57. The van der Waals surface area contributed by atoms with E-state index >= 15 is 0 Å². The molecule has 0 fully saturated rings. The zero-order chi connectivity index (χ0) is 9.80. The number of aromatic nitrogens is 2. The molecule has 0 amide bonds. The van der Waals surface area contributed by atoms with E-state index in [2.05, 4.69) is 21.9 Å². The largest absolute Gasteiger partial charge is 0.366 e. The van der Waals surface area contributed by atoms with Gasteiger partial charge in [-0.15, -0.1) is 6.58 Å². The van der Waals surface area contributed by atoms with E-state index in [4.69, 9.17) is 0 Å². The van der Waals surface area contributed by atoms with E-state index in [0.29, 0.717) is 0 Å². The van der Waals surface area contributed by atoms with E-state index in [-0.39, 0.29) is 0 Å². The number of fused-ring (bicyclic) bond motifs is 1. The van der Waals surface area contributed by atoms with Gasteiger partial charge in [0.05, 0.1) is 0 Å². The standard InChI is InChI=1S/C11H15N3/c1-2-7-12-11-9-5-3-4-6-10(9)13-8-14-11/h2,8H,1,3-7H2,(H,12,13,14). The van der Waals surface area contributed by atoms with Gasteiger partial charge in [0.2, 0.25) is 0 Å². The van der Waals surface area contributed by atoms with Gasteiger partial charge in [0.15, 0.2) is 0 Å². The van der Waals surface area contributed by atoms with Crippen molar-refractivity contribution in [1.82, 2.24) is 9.97 Å². The van der Waals surface area contributed by atoms with E-state index in [1.807, 2.05) is 6.08 Å². The van der Waals surface area contributed by atoms with Crippen LogP contribution in [0.4, 0.5) is 5.82 Å². The number of nitrogens with zero attached hydrogens (tertiary/aromatic N) is 2. The van der Waals surface area contributed by atoms with E-state index in [0.717, 1.165) is 25.2 Å². The molecule has 1 aliphatic carbocycles. The van der Waals surface area contributed by atoms with Crippen LogP contribution in [-0.2, 0) is 12.8 Å². The highest BCUT2D eigenvalue weighted by atomic mass is 15.0. The molecule has 14 heavy (non-hydrogen) atoms. The molecule has 0 atom stereocenters. The fourth-order valence-corrected chi connectivity index (χ4v) is 1.84. The molecule has 0 radical (unpaired) electrons. The fraction of sp³-hybridized carbons (Fsp3) is 0.455. The molecule has 2 rings (SSSR count). The first-order chi connectivity index (χ1) is 6.92. The van der Waals surface area contributed by atoms with Gasteiger partial charge in [-0.3, -0.25) is 0 Å². The maximum absolute atomic E-state index is 4.31. The summed E-state index contributed by atoms with van der Waals surface area (Å²) in [5, 5.41) is 3.25. The molecule has 1 heterocycles. The highest BCUT2D eigenvalue weighted by Gasteiger charge is 2.14. The molecular formula is C11H15N3. The lowest BCUT2D eigenvalue weighted by atomic mass is 9.96. The van der Waals surface area contributed by atoms with Gasteiger partial charge in [-0.2, -0.15) is 0 Å². The summed E-state index contributed by atoms with van der Waals surface area (Å²) >= 11 is 0. The van der Waals surface area contributed by atoms with Crippen LogP contribution in [0.2, 0.25) is 0 Å². The van der Waals surface area contributed by atoms with Crippen molar-refractivity contribution in [3.8, 4) is 0 Å². The predicted octanol–water partition coefficient (Wildman–Crippen LogP) is 1.95. The molecule has 1 aromatic heterocycles. The average Bonchev–Trinajstić information content (AvgIpc) is 2.26. The lowest BCUT2D eigenvalue weighted by Gasteiger charge is -2.17. The first kappa shape index (κ1) is 9.19. The molecule has 0 saturated heterocycles. The number of hydrogen-bond acceptors (Lipinski definition) is 3.